The zero-order valence-corrected chi connectivity index (χ0v) is 46.2. The van der Waals surface area contributed by atoms with Crippen molar-refractivity contribution in [3.63, 3.8) is 0 Å². The first-order chi connectivity index (χ1) is 31.9. The Bertz CT molecular complexity index is 1950. The molecule has 3 amide bonds. The van der Waals surface area contributed by atoms with Crippen molar-refractivity contribution in [3.8, 4) is 0 Å². The number of benzene rings is 2. The fourth-order valence-corrected chi connectivity index (χ4v) is 10.5. The van der Waals surface area contributed by atoms with E-state index in [1.807, 2.05) is 50.6 Å². The third kappa shape index (κ3) is 22.0. The maximum absolute atomic E-state index is 14.0. The Hall–Kier alpha value is -3.54. The van der Waals surface area contributed by atoms with Gasteiger partial charge >= 0.3 is 24.1 Å². The first-order valence-corrected chi connectivity index (χ1v) is 28.8. The Morgan fingerprint density at radius 1 is 0.706 bits per heavy atom. The molecule has 0 spiro atoms. The van der Waals surface area contributed by atoms with Gasteiger partial charge in [0.2, 0.25) is 0 Å². The fraction of sp³-hybridized carbons (Fsp3) is 0.647. The molecule has 0 saturated carbocycles. The van der Waals surface area contributed by atoms with Gasteiger partial charge in [-0.3, -0.25) is 19.7 Å². The van der Waals surface area contributed by atoms with Gasteiger partial charge in [0.15, 0.2) is 5.78 Å². The lowest BCUT2D eigenvalue weighted by atomic mass is 9.76. The predicted octanol–water partition coefficient (Wildman–Crippen LogP) is 12.3. The van der Waals surface area contributed by atoms with Crippen LogP contribution < -0.4 is 16.1 Å². The Labute approximate surface area is 423 Å². The summed E-state index contributed by atoms with van der Waals surface area (Å²) in [5, 5.41) is 5.93. The molecule has 0 radical (unpaired) electrons. The Kier molecular flexibility index (Phi) is 27.0. The number of carbonyl (C=O) groups is 6. The second kappa shape index (κ2) is 30.3. The number of alkyl carbamates (subject to hydrolysis) is 1. The maximum atomic E-state index is 14.0. The number of anilines is 1. The van der Waals surface area contributed by atoms with E-state index in [9.17, 15) is 28.8 Å². The number of amides is 3. The molecule has 0 bridgehead atoms. The number of methoxy groups -OCH3 is 1. The van der Waals surface area contributed by atoms with Gasteiger partial charge in [-0.25, -0.2) is 14.4 Å². The molecule has 0 saturated heterocycles. The summed E-state index contributed by atoms with van der Waals surface area (Å²) in [5.41, 5.74) is 4.20. The molecule has 0 heterocycles. The first kappa shape index (κ1) is 60.6. The Morgan fingerprint density at radius 2 is 1.34 bits per heavy atom. The maximum Gasteiger partial charge on any atom is 0.412 e. The normalized spacial score (nSPS) is 13.5. The highest BCUT2D eigenvalue weighted by molar-refractivity contribution is 8.76. The smallest absolute Gasteiger partial charge is 0.412 e. The van der Waals surface area contributed by atoms with Crippen molar-refractivity contribution in [2.45, 2.75) is 150 Å². The molecule has 2 aromatic rings. The van der Waals surface area contributed by atoms with Crippen LogP contribution in [0, 0.1) is 17.8 Å². The van der Waals surface area contributed by atoms with Gasteiger partial charge in [0, 0.05) is 40.8 Å². The molecule has 17 heteroatoms. The zero-order chi connectivity index (χ0) is 51.2. The second-order valence-electron chi connectivity index (χ2n) is 19.5. The van der Waals surface area contributed by atoms with E-state index in [0.717, 1.165) is 29.2 Å². The largest absolute Gasteiger partial charge is 0.468 e. The highest BCUT2D eigenvalue weighted by Crippen LogP contribution is 2.39. The summed E-state index contributed by atoms with van der Waals surface area (Å²) in [4.78, 5) is 84.6. The molecule has 2 aromatic carbocycles. The molecule has 382 valence electrons. The van der Waals surface area contributed by atoms with Crippen molar-refractivity contribution >= 4 is 86.6 Å². The summed E-state index contributed by atoms with van der Waals surface area (Å²) in [5.74, 6) is 0.852. The van der Waals surface area contributed by atoms with Gasteiger partial charge in [0.05, 0.1) is 7.11 Å². The number of Topliss-reactive ketones (excluding diaryl/α,β-unsaturated/α-hetero) is 1. The van der Waals surface area contributed by atoms with Crippen LogP contribution in [0.4, 0.5) is 15.3 Å². The number of thioether (sulfide) groups is 2. The molecule has 0 aliphatic carbocycles. The van der Waals surface area contributed by atoms with E-state index in [1.54, 1.807) is 98.8 Å². The van der Waals surface area contributed by atoms with Gasteiger partial charge in [-0.05, 0) is 157 Å². The molecule has 4 atom stereocenters. The van der Waals surface area contributed by atoms with Crippen molar-refractivity contribution < 1.29 is 47.8 Å². The second-order valence-corrected chi connectivity index (χ2v) is 24.2. The topological polar surface area (TPSA) is 175 Å². The highest BCUT2D eigenvalue weighted by atomic mass is 33.1. The summed E-state index contributed by atoms with van der Waals surface area (Å²) in [7, 11) is 4.82. The van der Waals surface area contributed by atoms with Gasteiger partial charge < -0.3 is 24.4 Å². The lowest BCUT2D eigenvalue weighted by Crippen LogP contribution is -2.40. The van der Waals surface area contributed by atoms with E-state index >= 15 is 0 Å². The lowest BCUT2D eigenvalue weighted by molar-refractivity contribution is -0.149. The monoisotopic (exact) mass is 1020 g/mol. The average Bonchev–Trinajstić information content (AvgIpc) is 3.25. The van der Waals surface area contributed by atoms with E-state index in [-0.39, 0.29) is 41.9 Å². The molecule has 68 heavy (non-hydrogen) atoms. The van der Waals surface area contributed by atoms with Gasteiger partial charge in [-0.2, -0.15) is 29.0 Å². The zero-order valence-electron chi connectivity index (χ0n) is 42.9. The predicted molar refractivity (Wildman–Crippen MR) is 283 cm³/mol. The molecule has 2 rings (SSSR count). The number of hydrogen-bond acceptors (Lipinski definition) is 14. The number of esters is 1. The minimum atomic E-state index is -0.855. The molecular formula is C51H79N3O10S4. The Balaban J connectivity index is 2.38. The van der Waals surface area contributed by atoms with Crippen LogP contribution in [-0.4, -0.2) is 95.7 Å². The first-order valence-electron chi connectivity index (χ1n) is 23.5. The van der Waals surface area contributed by atoms with Crippen molar-refractivity contribution in [2.24, 2.45) is 17.8 Å². The lowest BCUT2D eigenvalue weighted by Gasteiger charge is -2.29. The summed E-state index contributed by atoms with van der Waals surface area (Å²) in [6.45, 7) is 21.1. The standard InChI is InChI=1S/C51H79N3O10S4/c1-32(2)34(5)37(38-20-15-16-21-39(38)45(56)40(23-27-66-14)47(58)61-12)24-28-68-67-26-17-19-36(52-48(59)62-50(6,7)8)29-35-30-42(46(57)54-64-44(55)22-18-25-65-13)41(33(3)4)31-43(35)53-49(60)63-51(9,10)11/h15-16,20-21,30-34,36-37,40H,17-19,22-29H2,1-14H3,(H,52,59)(H,53,60)(H,54,57)/t34-,36-,37?,40+/m0/s1. The molecule has 0 fully saturated rings. The quantitative estimate of drug-likeness (QED) is 0.0147. The van der Waals surface area contributed by atoms with Crippen molar-refractivity contribution in [1.82, 2.24) is 10.8 Å². The number of hydroxylamine groups is 1. The van der Waals surface area contributed by atoms with Crippen LogP contribution in [-0.2, 0) is 35.1 Å². The SMILES string of the molecule is COC(=O)[C@H](CCSC)C(=O)c1ccccc1C(CCSSCCC[C@@H](Cc1cc(C(=O)NOC(=O)CCCSC)c(C(C)C)cc1NC(=O)OC(C)(C)C)NC(=O)OC(C)(C)C)[C@@H](C)C(C)C. The van der Waals surface area contributed by atoms with Gasteiger partial charge in [-0.15, -0.1) is 0 Å². The third-order valence-corrected chi connectivity index (χ3v) is 14.9. The number of rotatable bonds is 27. The third-order valence-electron chi connectivity index (χ3n) is 11.1. The Morgan fingerprint density at radius 3 is 1.94 bits per heavy atom. The summed E-state index contributed by atoms with van der Waals surface area (Å²) >= 11 is 3.21. The van der Waals surface area contributed by atoms with E-state index in [2.05, 4.69) is 36.9 Å². The van der Waals surface area contributed by atoms with Crippen LogP contribution in [0.1, 0.15) is 164 Å². The van der Waals surface area contributed by atoms with Crippen LogP contribution in [0.2, 0.25) is 0 Å². The van der Waals surface area contributed by atoms with Crippen molar-refractivity contribution in [1.29, 1.82) is 0 Å². The molecular weight excluding hydrogens is 943 g/mol. The van der Waals surface area contributed by atoms with Crippen LogP contribution in [0.5, 0.6) is 0 Å². The molecule has 0 aliphatic heterocycles. The van der Waals surface area contributed by atoms with Gasteiger partial charge in [-0.1, -0.05) is 80.5 Å². The van der Waals surface area contributed by atoms with Gasteiger partial charge in [0.1, 0.15) is 17.1 Å². The van der Waals surface area contributed by atoms with E-state index < -0.39 is 53.2 Å². The minimum absolute atomic E-state index is 0.0825. The van der Waals surface area contributed by atoms with E-state index in [1.165, 1.54) is 7.11 Å². The molecule has 1 unspecified atom stereocenters. The summed E-state index contributed by atoms with van der Waals surface area (Å²) in [6, 6.07) is 10.6. The highest BCUT2D eigenvalue weighted by Gasteiger charge is 2.33. The number of ether oxygens (including phenoxy) is 3. The molecule has 0 aliphatic rings. The fourth-order valence-electron chi connectivity index (χ4n) is 7.38. The number of nitrogens with one attached hydrogen (secondary N) is 3. The van der Waals surface area contributed by atoms with E-state index in [4.69, 9.17) is 19.0 Å². The van der Waals surface area contributed by atoms with Crippen LogP contribution >= 0.6 is 45.1 Å². The van der Waals surface area contributed by atoms with Crippen LogP contribution in [0.25, 0.3) is 0 Å². The van der Waals surface area contributed by atoms with Crippen molar-refractivity contribution in [3.05, 3.63) is 64.2 Å². The minimum Gasteiger partial charge on any atom is -0.468 e. The average molecular weight is 1020 g/mol. The van der Waals surface area contributed by atoms with Crippen LogP contribution in [0.15, 0.2) is 36.4 Å². The summed E-state index contributed by atoms with van der Waals surface area (Å²) < 4.78 is 16.4. The summed E-state index contributed by atoms with van der Waals surface area (Å²) in [6.07, 6.45) is 6.12. The molecule has 13 nitrogen and oxygen atoms in total. The van der Waals surface area contributed by atoms with Crippen LogP contribution in [0.3, 0.4) is 0 Å². The number of ketones is 1. The van der Waals surface area contributed by atoms with Crippen molar-refractivity contribution in [2.75, 3.05) is 47.9 Å². The number of hydrogen-bond donors (Lipinski definition) is 3. The molecule has 3 N–H and O–H groups in total. The van der Waals surface area contributed by atoms with E-state index in [0.29, 0.717) is 59.7 Å². The van der Waals surface area contributed by atoms with Gasteiger partial charge in [0.25, 0.3) is 5.91 Å². The number of carbonyl (C=O) groups excluding carboxylic acids is 6. The molecule has 0 aromatic heterocycles.